The molecule has 0 heterocycles. The van der Waals surface area contributed by atoms with Crippen molar-refractivity contribution < 1.29 is 19.8 Å². The van der Waals surface area contributed by atoms with E-state index in [4.69, 9.17) is 15.9 Å². The molecule has 2 atom stereocenters. The Bertz CT molecular complexity index is 408. The third-order valence-corrected chi connectivity index (χ3v) is 2.39. The SMILES string of the molecule is N[C@H](Cc1ccccc1)C(=O)NCC(O)C(=O)O. The van der Waals surface area contributed by atoms with Crippen LogP contribution >= 0.6 is 0 Å². The normalized spacial score (nSPS) is 13.7. The minimum absolute atomic E-state index is 0.351. The fourth-order valence-corrected chi connectivity index (χ4v) is 1.38. The highest BCUT2D eigenvalue weighted by Gasteiger charge is 2.18. The molecular weight excluding hydrogens is 236 g/mol. The summed E-state index contributed by atoms with van der Waals surface area (Å²) in [6.45, 7) is -0.351. The second-order valence-electron chi connectivity index (χ2n) is 3.90. The average molecular weight is 252 g/mol. The van der Waals surface area contributed by atoms with E-state index in [0.29, 0.717) is 6.42 Å². The van der Waals surface area contributed by atoms with Gasteiger partial charge >= 0.3 is 5.97 Å². The number of rotatable bonds is 6. The van der Waals surface area contributed by atoms with E-state index >= 15 is 0 Å². The average Bonchev–Trinajstić information content (AvgIpc) is 2.36. The van der Waals surface area contributed by atoms with Gasteiger partial charge in [0.15, 0.2) is 6.10 Å². The van der Waals surface area contributed by atoms with Crippen molar-refractivity contribution in [3.8, 4) is 0 Å². The van der Waals surface area contributed by atoms with Crippen LogP contribution in [0.1, 0.15) is 5.56 Å². The highest BCUT2D eigenvalue weighted by Crippen LogP contribution is 2.01. The number of aliphatic hydroxyl groups excluding tert-OH is 1. The Labute approximate surface area is 104 Å². The summed E-state index contributed by atoms with van der Waals surface area (Å²) < 4.78 is 0. The highest BCUT2D eigenvalue weighted by molar-refractivity contribution is 5.82. The Morgan fingerprint density at radius 2 is 1.89 bits per heavy atom. The lowest BCUT2D eigenvalue weighted by molar-refractivity contribution is -0.146. The Morgan fingerprint density at radius 1 is 1.28 bits per heavy atom. The van der Waals surface area contributed by atoms with Crippen molar-refractivity contribution in [2.45, 2.75) is 18.6 Å². The third-order valence-electron chi connectivity index (χ3n) is 2.39. The van der Waals surface area contributed by atoms with Gasteiger partial charge in [0.1, 0.15) is 0 Å². The van der Waals surface area contributed by atoms with Crippen LogP contribution in [0.3, 0.4) is 0 Å². The molecular formula is C12H16N2O4. The van der Waals surface area contributed by atoms with Crippen LogP contribution in [0, 0.1) is 0 Å². The van der Waals surface area contributed by atoms with E-state index in [0.717, 1.165) is 5.56 Å². The van der Waals surface area contributed by atoms with Gasteiger partial charge in [0.25, 0.3) is 0 Å². The molecule has 0 aromatic heterocycles. The van der Waals surface area contributed by atoms with E-state index in [-0.39, 0.29) is 6.54 Å². The Kier molecular flexibility index (Phi) is 5.29. The van der Waals surface area contributed by atoms with E-state index in [1.165, 1.54) is 0 Å². The fourth-order valence-electron chi connectivity index (χ4n) is 1.38. The summed E-state index contributed by atoms with van der Waals surface area (Å²) in [5, 5.41) is 19.7. The molecule has 1 aromatic rings. The zero-order valence-electron chi connectivity index (χ0n) is 9.74. The minimum Gasteiger partial charge on any atom is -0.479 e. The maximum Gasteiger partial charge on any atom is 0.334 e. The number of carboxylic acid groups (broad SMARTS) is 1. The van der Waals surface area contributed by atoms with Gasteiger partial charge in [0.2, 0.25) is 5.91 Å². The summed E-state index contributed by atoms with van der Waals surface area (Å²) in [4.78, 5) is 21.9. The molecule has 0 fully saturated rings. The Balaban J connectivity index is 2.40. The van der Waals surface area contributed by atoms with Gasteiger partial charge in [-0.1, -0.05) is 30.3 Å². The molecule has 1 amide bonds. The number of amides is 1. The maximum atomic E-state index is 11.5. The Morgan fingerprint density at radius 3 is 2.44 bits per heavy atom. The molecule has 0 bridgehead atoms. The van der Waals surface area contributed by atoms with Crippen LogP contribution in [0.15, 0.2) is 30.3 Å². The molecule has 0 aliphatic rings. The molecule has 0 aliphatic heterocycles. The number of carbonyl (C=O) groups is 2. The first kappa shape index (κ1) is 14.1. The second-order valence-corrected chi connectivity index (χ2v) is 3.90. The van der Waals surface area contributed by atoms with Crippen LogP contribution < -0.4 is 11.1 Å². The summed E-state index contributed by atoms with van der Waals surface area (Å²) in [7, 11) is 0. The molecule has 6 heteroatoms. The first-order chi connectivity index (χ1) is 8.50. The van der Waals surface area contributed by atoms with Crippen molar-refractivity contribution in [2.24, 2.45) is 5.73 Å². The van der Waals surface area contributed by atoms with E-state index < -0.39 is 24.0 Å². The highest BCUT2D eigenvalue weighted by atomic mass is 16.4. The number of hydrogen-bond acceptors (Lipinski definition) is 4. The molecule has 0 aliphatic carbocycles. The molecule has 1 unspecified atom stereocenters. The van der Waals surface area contributed by atoms with Gasteiger partial charge < -0.3 is 21.3 Å². The quantitative estimate of drug-likeness (QED) is 0.525. The van der Waals surface area contributed by atoms with Crippen LogP contribution in [0.25, 0.3) is 0 Å². The summed E-state index contributed by atoms with van der Waals surface area (Å²) in [5.74, 6) is -1.87. The molecule has 1 aromatic carbocycles. The van der Waals surface area contributed by atoms with Crippen molar-refractivity contribution in [1.29, 1.82) is 0 Å². The number of aliphatic hydroxyl groups is 1. The van der Waals surface area contributed by atoms with Crippen molar-refractivity contribution >= 4 is 11.9 Å². The number of hydrogen-bond donors (Lipinski definition) is 4. The van der Waals surface area contributed by atoms with Crippen LogP contribution in [0.2, 0.25) is 0 Å². The fraction of sp³-hybridized carbons (Fsp3) is 0.333. The van der Waals surface area contributed by atoms with Crippen LogP contribution in [0.4, 0.5) is 0 Å². The summed E-state index contributed by atoms with van der Waals surface area (Å²) in [6.07, 6.45) is -1.26. The monoisotopic (exact) mass is 252 g/mol. The van der Waals surface area contributed by atoms with Gasteiger partial charge in [-0.05, 0) is 12.0 Å². The number of nitrogens with two attached hydrogens (primary N) is 1. The molecule has 0 radical (unpaired) electrons. The third kappa shape index (κ3) is 4.52. The lowest BCUT2D eigenvalue weighted by Gasteiger charge is -2.13. The van der Waals surface area contributed by atoms with Gasteiger partial charge in [-0.2, -0.15) is 0 Å². The number of carbonyl (C=O) groups excluding carboxylic acids is 1. The molecule has 5 N–H and O–H groups in total. The summed E-state index contributed by atoms with van der Waals surface area (Å²) in [6, 6.07) is 8.47. The number of carboxylic acids is 1. The van der Waals surface area contributed by atoms with Crippen molar-refractivity contribution in [3.63, 3.8) is 0 Å². The van der Waals surface area contributed by atoms with Crippen LogP contribution in [-0.4, -0.2) is 40.8 Å². The maximum absolute atomic E-state index is 11.5. The van der Waals surface area contributed by atoms with E-state index in [2.05, 4.69) is 5.32 Å². The largest absolute Gasteiger partial charge is 0.479 e. The van der Waals surface area contributed by atoms with E-state index in [1.54, 1.807) is 0 Å². The van der Waals surface area contributed by atoms with Crippen molar-refractivity contribution in [1.82, 2.24) is 5.32 Å². The first-order valence-electron chi connectivity index (χ1n) is 5.49. The van der Waals surface area contributed by atoms with Crippen molar-refractivity contribution in [2.75, 3.05) is 6.54 Å². The Hall–Kier alpha value is -1.92. The van der Waals surface area contributed by atoms with Gasteiger partial charge in [-0.15, -0.1) is 0 Å². The molecule has 0 saturated heterocycles. The second kappa shape index (κ2) is 6.73. The van der Waals surface area contributed by atoms with Gasteiger partial charge in [-0.25, -0.2) is 4.79 Å². The van der Waals surface area contributed by atoms with Gasteiger partial charge in [-0.3, -0.25) is 4.79 Å². The first-order valence-corrected chi connectivity index (χ1v) is 5.49. The number of nitrogens with one attached hydrogen (secondary N) is 1. The van der Waals surface area contributed by atoms with Crippen molar-refractivity contribution in [3.05, 3.63) is 35.9 Å². The molecule has 0 saturated carbocycles. The van der Waals surface area contributed by atoms with Gasteiger partial charge in [0.05, 0.1) is 12.6 Å². The summed E-state index contributed by atoms with van der Waals surface area (Å²) in [5.41, 5.74) is 6.59. The zero-order chi connectivity index (χ0) is 13.5. The number of aliphatic carboxylic acids is 1. The standard InChI is InChI=1S/C12H16N2O4/c13-9(6-8-4-2-1-3-5-8)11(16)14-7-10(15)12(17)18/h1-5,9-10,15H,6-7,13H2,(H,14,16)(H,17,18)/t9-,10?/m1/s1. The van der Waals surface area contributed by atoms with Gasteiger partial charge in [0, 0.05) is 0 Å². The zero-order valence-corrected chi connectivity index (χ0v) is 9.74. The topological polar surface area (TPSA) is 113 Å². The van der Waals surface area contributed by atoms with Crippen LogP contribution in [-0.2, 0) is 16.0 Å². The van der Waals surface area contributed by atoms with E-state index in [9.17, 15) is 9.59 Å². The molecule has 0 spiro atoms. The smallest absolute Gasteiger partial charge is 0.334 e. The molecule has 1 rings (SSSR count). The predicted octanol–water partition coefficient (Wildman–Crippen LogP) is -0.882. The molecule has 6 nitrogen and oxygen atoms in total. The number of benzene rings is 1. The minimum atomic E-state index is -1.61. The lowest BCUT2D eigenvalue weighted by Crippen LogP contribution is -2.45. The molecule has 98 valence electrons. The summed E-state index contributed by atoms with van der Waals surface area (Å²) >= 11 is 0. The van der Waals surface area contributed by atoms with E-state index in [1.807, 2.05) is 30.3 Å². The van der Waals surface area contributed by atoms with Crippen LogP contribution in [0.5, 0.6) is 0 Å². The lowest BCUT2D eigenvalue weighted by atomic mass is 10.1. The predicted molar refractivity (Wildman–Crippen MR) is 64.8 cm³/mol. The molecule has 18 heavy (non-hydrogen) atoms.